The van der Waals surface area contributed by atoms with Gasteiger partial charge in [0.1, 0.15) is 11.5 Å². The Morgan fingerprint density at radius 2 is 2.03 bits per heavy atom. The zero-order valence-corrected chi connectivity index (χ0v) is 17.3. The van der Waals surface area contributed by atoms with Crippen LogP contribution in [0.2, 0.25) is 0 Å². The number of hydrogen-bond acceptors (Lipinski definition) is 5. The molecule has 0 fully saturated rings. The summed E-state index contributed by atoms with van der Waals surface area (Å²) < 4.78 is 57.9. The fourth-order valence-corrected chi connectivity index (χ4v) is 3.54. The lowest BCUT2D eigenvalue weighted by Crippen LogP contribution is -2.21. The maximum absolute atomic E-state index is 13.3. The number of fused-ring (bicyclic) bond motifs is 1. The molecule has 0 bridgehead atoms. The van der Waals surface area contributed by atoms with Crippen molar-refractivity contribution in [3.63, 3.8) is 0 Å². The lowest BCUT2D eigenvalue weighted by atomic mass is 10.1. The number of carbonyl (C=O) groups excluding carboxylic acids is 1. The second kappa shape index (κ2) is 8.19. The topological polar surface area (TPSA) is 88.6 Å². The van der Waals surface area contributed by atoms with Crippen molar-refractivity contribution in [1.29, 1.82) is 0 Å². The molecule has 4 rings (SSSR count). The number of nitrogens with two attached hydrogens (primary N) is 1. The Kier molecular flexibility index (Phi) is 5.55. The zero-order chi connectivity index (χ0) is 23.0. The maximum Gasteiger partial charge on any atom is 0.419 e. The van der Waals surface area contributed by atoms with Crippen LogP contribution >= 0.6 is 0 Å². The number of primary amides is 1. The SMILES string of the molecule is COc1cc(-n2nc(Oc3cccc(C(N)=O)c3)c3c2C[C@@H](C)OC3)ccc1C(F)(F)F. The van der Waals surface area contributed by atoms with Gasteiger partial charge in [-0.25, -0.2) is 4.68 Å². The van der Waals surface area contributed by atoms with E-state index < -0.39 is 17.6 Å². The molecule has 3 aromatic rings. The van der Waals surface area contributed by atoms with Crippen LogP contribution in [0.3, 0.4) is 0 Å². The van der Waals surface area contributed by atoms with Gasteiger partial charge in [-0.1, -0.05) is 6.07 Å². The van der Waals surface area contributed by atoms with Gasteiger partial charge in [0, 0.05) is 18.1 Å². The van der Waals surface area contributed by atoms with Gasteiger partial charge in [-0.05, 0) is 37.3 Å². The first kappa shape index (κ1) is 21.7. The van der Waals surface area contributed by atoms with E-state index in [-0.39, 0.29) is 29.9 Å². The first-order valence-corrected chi connectivity index (χ1v) is 9.73. The number of aromatic nitrogens is 2. The van der Waals surface area contributed by atoms with Crippen LogP contribution in [0.4, 0.5) is 13.2 Å². The van der Waals surface area contributed by atoms with E-state index in [0.717, 1.165) is 11.8 Å². The van der Waals surface area contributed by atoms with Gasteiger partial charge in [0.05, 0.1) is 42.3 Å². The van der Waals surface area contributed by atoms with E-state index in [1.54, 1.807) is 18.2 Å². The summed E-state index contributed by atoms with van der Waals surface area (Å²) in [6.07, 6.45) is -4.17. The van der Waals surface area contributed by atoms with Crippen molar-refractivity contribution in [2.24, 2.45) is 5.73 Å². The number of ether oxygens (including phenoxy) is 3. The van der Waals surface area contributed by atoms with E-state index in [4.69, 9.17) is 19.9 Å². The molecule has 1 aliphatic heterocycles. The van der Waals surface area contributed by atoms with Gasteiger partial charge in [-0.2, -0.15) is 13.2 Å². The average molecular weight is 447 g/mol. The van der Waals surface area contributed by atoms with Gasteiger partial charge in [0.25, 0.3) is 0 Å². The van der Waals surface area contributed by atoms with E-state index in [9.17, 15) is 18.0 Å². The molecule has 1 aliphatic rings. The van der Waals surface area contributed by atoms with Crippen LogP contribution in [0, 0.1) is 0 Å². The molecule has 0 saturated heterocycles. The minimum atomic E-state index is -4.55. The maximum atomic E-state index is 13.3. The van der Waals surface area contributed by atoms with E-state index in [1.165, 1.54) is 30.0 Å². The molecule has 2 N–H and O–H groups in total. The Hall–Kier alpha value is -3.53. The summed E-state index contributed by atoms with van der Waals surface area (Å²) in [5.41, 5.74) is 6.54. The Labute approximate surface area is 181 Å². The molecule has 7 nitrogen and oxygen atoms in total. The number of rotatable bonds is 5. The summed E-state index contributed by atoms with van der Waals surface area (Å²) in [4.78, 5) is 11.5. The van der Waals surface area contributed by atoms with Crippen LogP contribution in [-0.2, 0) is 23.9 Å². The molecule has 1 amide bonds. The molecule has 2 aromatic carbocycles. The minimum Gasteiger partial charge on any atom is -0.496 e. The Balaban J connectivity index is 1.78. The Bertz CT molecular complexity index is 1170. The number of carbonyl (C=O) groups is 1. The van der Waals surface area contributed by atoms with Crippen molar-refractivity contribution in [2.45, 2.75) is 32.2 Å². The fourth-order valence-electron chi connectivity index (χ4n) is 3.54. The van der Waals surface area contributed by atoms with Crippen molar-refractivity contribution in [3.05, 3.63) is 64.8 Å². The second-order valence-corrected chi connectivity index (χ2v) is 7.34. The first-order valence-electron chi connectivity index (χ1n) is 9.73. The summed E-state index contributed by atoms with van der Waals surface area (Å²) >= 11 is 0. The molecular formula is C22H20F3N3O4. The third-order valence-corrected chi connectivity index (χ3v) is 5.11. The van der Waals surface area contributed by atoms with Gasteiger partial charge in [0.15, 0.2) is 0 Å². The summed E-state index contributed by atoms with van der Waals surface area (Å²) in [5, 5.41) is 4.50. The van der Waals surface area contributed by atoms with Crippen LogP contribution in [0.25, 0.3) is 5.69 Å². The van der Waals surface area contributed by atoms with Crippen LogP contribution < -0.4 is 15.2 Å². The van der Waals surface area contributed by atoms with Crippen molar-refractivity contribution in [1.82, 2.24) is 9.78 Å². The quantitative estimate of drug-likeness (QED) is 0.632. The summed E-state index contributed by atoms with van der Waals surface area (Å²) in [5.74, 6) is -0.335. The van der Waals surface area contributed by atoms with E-state index in [2.05, 4.69) is 5.10 Å². The number of benzene rings is 2. The molecule has 10 heteroatoms. The van der Waals surface area contributed by atoms with Crippen molar-refractivity contribution >= 4 is 5.91 Å². The molecule has 168 valence electrons. The Morgan fingerprint density at radius 1 is 1.25 bits per heavy atom. The van der Waals surface area contributed by atoms with Crippen molar-refractivity contribution < 1.29 is 32.2 Å². The number of methoxy groups -OCH3 is 1. The smallest absolute Gasteiger partial charge is 0.419 e. The average Bonchev–Trinajstić information content (AvgIpc) is 3.10. The standard InChI is InChI=1S/C22H20F3N3O4/c1-12-8-18-16(11-31-12)21(32-15-5-3-4-13(9-15)20(26)29)27-28(18)14-6-7-17(22(23,24)25)19(10-14)30-2/h3-7,9-10,12H,8,11H2,1-2H3,(H2,26,29)/t12-/m1/s1. The molecule has 0 spiro atoms. The monoisotopic (exact) mass is 447 g/mol. The third-order valence-electron chi connectivity index (χ3n) is 5.11. The lowest BCUT2D eigenvalue weighted by Gasteiger charge is -2.21. The molecule has 0 radical (unpaired) electrons. The highest BCUT2D eigenvalue weighted by Gasteiger charge is 2.35. The summed E-state index contributed by atoms with van der Waals surface area (Å²) in [7, 11) is 1.18. The van der Waals surface area contributed by atoms with E-state index >= 15 is 0 Å². The second-order valence-electron chi connectivity index (χ2n) is 7.34. The van der Waals surface area contributed by atoms with Crippen LogP contribution in [0.5, 0.6) is 17.4 Å². The van der Waals surface area contributed by atoms with Crippen LogP contribution in [-0.4, -0.2) is 28.9 Å². The molecular weight excluding hydrogens is 427 g/mol. The number of hydrogen-bond donors (Lipinski definition) is 1. The largest absolute Gasteiger partial charge is 0.496 e. The predicted octanol–water partition coefficient (Wildman–Crippen LogP) is 4.25. The number of amides is 1. The molecule has 2 heterocycles. The fraction of sp³-hybridized carbons (Fsp3) is 0.273. The lowest BCUT2D eigenvalue weighted by molar-refractivity contribution is -0.138. The van der Waals surface area contributed by atoms with Gasteiger partial charge < -0.3 is 19.9 Å². The third kappa shape index (κ3) is 4.13. The number of nitrogens with zero attached hydrogens (tertiary/aromatic N) is 2. The van der Waals surface area contributed by atoms with E-state index in [0.29, 0.717) is 23.4 Å². The molecule has 1 aromatic heterocycles. The normalized spacial score (nSPS) is 15.8. The van der Waals surface area contributed by atoms with Gasteiger partial charge in [0.2, 0.25) is 11.8 Å². The highest BCUT2D eigenvalue weighted by molar-refractivity contribution is 5.93. The molecule has 0 saturated carbocycles. The van der Waals surface area contributed by atoms with Crippen molar-refractivity contribution in [3.8, 4) is 23.1 Å². The highest BCUT2D eigenvalue weighted by atomic mass is 19.4. The minimum absolute atomic E-state index is 0.111. The number of halogens is 3. The van der Waals surface area contributed by atoms with Gasteiger partial charge >= 0.3 is 6.18 Å². The molecule has 32 heavy (non-hydrogen) atoms. The Morgan fingerprint density at radius 3 is 2.72 bits per heavy atom. The van der Waals surface area contributed by atoms with Crippen LogP contribution in [0.15, 0.2) is 42.5 Å². The van der Waals surface area contributed by atoms with Crippen LogP contribution in [0.1, 0.15) is 34.1 Å². The highest BCUT2D eigenvalue weighted by Crippen LogP contribution is 2.39. The summed E-state index contributed by atoms with van der Waals surface area (Å²) in [6, 6.07) is 9.89. The van der Waals surface area contributed by atoms with Crippen molar-refractivity contribution in [2.75, 3.05) is 7.11 Å². The molecule has 0 aliphatic carbocycles. The molecule has 0 unspecified atom stereocenters. The van der Waals surface area contributed by atoms with Gasteiger partial charge in [-0.3, -0.25) is 4.79 Å². The molecule has 1 atom stereocenters. The zero-order valence-electron chi connectivity index (χ0n) is 17.3. The predicted molar refractivity (Wildman–Crippen MR) is 108 cm³/mol. The van der Waals surface area contributed by atoms with Gasteiger partial charge in [-0.15, -0.1) is 5.10 Å². The summed E-state index contributed by atoms with van der Waals surface area (Å²) in [6.45, 7) is 2.11. The first-order chi connectivity index (χ1) is 15.2. The number of alkyl halides is 3. The van der Waals surface area contributed by atoms with E-state index in [1.807, 2.05) is 6.92 Å².